The molecule has 0 saturated heterocycles. The fraction of sp³-hybridized carbons (Fsp3) is 0.0588. The topological polar surface area (TPSA) is 116 Å². The summed E-state index contributed by atoms with van der Waals surface area (Å²) in [6, 6.07) is 10.3. The van der Waals surface area contributed by atoms with Crippen LogP contribution < -0.4 is 5.32 Å². The van der Waals surface area contributed by atoms with Gasteiger partial charge >= 0.3 is 5.69 Å². The third-order valence-electron chi connectivity index (χ3n) is 3.39. The molecule has 0 fully saturated rings. The zero-order chi connectivity index (χ0) is 18.6. The lowest BCUT2D eigenvalue weighted by Crippen LogP contribution is -2.14. The van der Waals surface area contributed by atoms with Crippen LogP contribution in [0.3, 0.4) is 0 Å². The van der Waals surface area contributed by atoms with Crippen LogP contribution in [0.15, 0.2) is 42.0 Å². The molecule has 0 heterocycles. The maximum absolute atomic E-state index is 12.3. The van der Waals surface area contributed by atoms with Crippen LogP contribution in [0.1, 0.15) is 11.1 Å². The van der Waals surface area contributed by atoms with E-state index in [4.69, 9.17) is 11.6 Å². The number of benzene rings is 2. The fourth-order valence-corrected chi connectivity index (χ4v) is 2.20. The van der Waals surface area contributed by atoms with Crippen molar-refractivity contribution in [2.75, 3.05) is 5.32 Å². The summed E-state index contributed by atoms with van der Waals surface area (Å²) in [5.74, 6) is -1.18. The van der Waals surface area contributed by atoms with E-state index in [0.717, 1.165) is 12.1 Å². The van der Waals surface area contributed by atoms with E-state index in [1.54, 1.807) is 31.2 Å². The zero-order valence-corrected chi connectivity index (χ0v) is 13.7. The molecule has 0 spiro atoms. The van der Waals surface area contributed by atoms with E-state index < -0.39 is 22.3 Å². The van der Waals surface area contributed by atoms with Crippen LogP contribution in [0, 0.1) is 28.4 Å². The van der Waals surface area contributed by atoms with Crippen molar-refractivity contribution in [2.24, 2.45) is 0 Å². The first-order valence-electron chi connectivity index (χ1n) is 6.99. The second-order valence-electron chi connectivity index (χ2n) is 5.04. The van der Waals surface area contributed by atoms with E-state index in [0.29, 0.717) is 16.3 Å². The van der Waals surface area contributed by atoms with Gasteiger partial charge in [-0.05, 0) is 42.3 Å². The number of carbonyl (C=O) groups excluding carboxylic acids is 1. The summed E-state index contributed by atoms with van der Waals surface area (Å²) in [6.45, 7) is 1.72. The van der Waals surface area contributed by atoms with Gasteiger partial charge in [-0.25, -0.2) is 0 Å². The molecule has 7 nitrogen and oxygen atoms in total. The summed E-state index contributed by atoms with van der Waals surface area (Å²) < 4.78 is 0. The second kappa shape index (κ2) is 7.47. The Morgan fingerprint density at radius 3 is 2.76 bits per heavy atom. The monoisotopic (exact) mass is 357 g/mol. The summed E-state index contributed by atoms with van der Waals surface area (Å²) in [6.07, 6.45) is 1.20. The molecule has 0 aliphatic carbocycles. The van der Waals surface area contributed by atoms with Crippen LogP contribution in [0.4, 0.5) is 11.4 Å². The summed E-state index contributed by atoms with van der Waals surface area (Å²) in [5.41, 5.74) is 0.570. The largest absolute Gasteiger partial charge is 0.502 e. The van der Waals surface area contributed by atoms with Gasteiger partial charge in [-0.2, -0.15) is 5.26 Å². The second-order valence-corrected chi connectivity index (χ2v) is 5.45. The smallest absolute Gasteiger partial charge is 0.311 e. The molecule has 0 saturated carbocycles. The Morgan fingerprint density at radius 1 is 1.40 bits per heavy atom. The number of carbonyl (C=O) groups is 1. The van der Waals surface area contributed by atoms with Gasteiger partial charge in [0.05, 0.1) is 4.92 Å². The minimum Gasteiger partial charge on any atom is -0.502 e. The number of halogens is 1. The summed E-state index contributed by atoms with van der Waals surface area (Å²) in [4.78, 5) is 22.4. The highest BCUT2D eigenvalue weighted by molar-refractivity contribution is 6.31. The van der Waals surface area contributed by atoms with E-state index in [9.17, 15) is 25.3 Å². The molecule has 2 N–H and O–H groups in total. The minimum atomic E-state index is -0.756. The number of phenolic OH excluding ortho intramolecular Hbond substituents is 1. The average molecular weight is 358 g/mol. The molecule has 0 radical (unpaired) electrons. The minimum absolute atomic E-state index is 0.235. The number of nitrogens with zero attached hydrogens (tertiary/aromatic N) is 2. The normalized spacial score (nSPS) is 10.8. The first-order chi connectivity index (χ1) is 11.8. The number of hydrogen-bond donors (Lipinski definition) is 2. The molecule has 2 aromatic rings. The highest BCUT2D eigenvalue weighted by atomic mass is 35.5. The van der Waals surface area contributed by atoms with Gasteiger partial charge in [-0.15, -0.1) is 0 Å². The Morgan fingerprint density at radius 2 is 2.12 bits per heavy atom. The van der Waals surface area contributed by atoms with Crippen LogP contribution in [0.25, 0.3) is 6.08 Å². The van der Waals surface area contributed by atoms with Crippen molar-refractivity contribution in [3.05, 3.63) is 68.2 Å². The Kier molecular flexibility index (Phi) is 5.37. The number of nitriles is 1. The first-order valence-corrected chi connectivity index (χ1v) is 7.37. The van der Waals surface area contributed by atoms with Crippen molar-refractivity contribution in [1.29, 1.82) is 5.26 Å². The summed E-state index contributed by atoms with van der Waals surface area (Å²) in [7, 11) is 0. The molecule has 126 valence electrons. The molecule has 0 aliphatic rings. The Hall–Kier alpha value is -3.37. The lowest BCUT2D eigenvalue weighted by molar-refractivity contribution is -0.385. The highest BCUT2D eigenvalue weighted by Gasteiger charge is 2.15. The van der Waals surface area contributed by atoms with Crippen molar-refractivity contribution in [3.8, 4) is 11.8 Å². The maximum Gasteiger partial charge on any atom is 0.311 e. The molecule has 0 aliphatic heterocycles. The molecular formula is C17H12ClN3O4. The van der Waals surface area contributed by atoms with Crippen LogP contribution in [-0.4, -0.2) is 15.9 Å². The van der Waals surface area contributed by atoms with E-state index in [2.05, 4.69) is 5.32 Å². The SMILES string of the molecule is Cc1c(Cl)cccc1NC(=O)/C(C#N)=C/c1ccc(O)c([N+](=O)[O-])c1. The lowest BCUT2D eigenvalue weighted by Gasteiger charge is -2.09. The van der Waals surface area contributed by atoms with Crippen LogP contribution in [0.2, 0.25) is 5.02 Å². The number of rotatable bonds is 4. The first kappa shape index (κ1) is 18.0. The van der Waals surface area contributed by atoms with Crippen molar-refractivity contribution < 1.29 is 14.8 Å². The molecular weight excluding hydrogens is 346 g/mol. The quantitative estimate of drug-likeness (QED) is 0.373. The van der Waals surface area contributed by atoms with E-state index in [1.165, 1.54) is 12.1 Å². The Balaban J connectivity index is 2.33. The third-order valence-corrected chi connectivity index (χ3v) is 3.80. The van der Waals surface area contributed by atoms with Gasteiger partial charge in [-0.1, -0.05) is 23.7 Å². The standard InChI is InChI=1S/C17H12ClN3O4/c1-10-13(18)3-2-4-14(10)20-17(23)12(9-19)7-11-5-6-16(22)15(8-11)21(24)25/h2-8,22H,1H3,(H,20,23)/b12-7+. The van der Waals surface area contributed by atoms with Gasteiger partial charge in [0.25, 0.3) is 5.91 Å². The molecule has 0 bridgehead atoms. The van der Waals surface area contributed by atoms with E-state index >= 15 is 0 Å². The fourth-order valence-electron chi connectivity index (χ4n) is 2.02. The van der Waals surface area contributed by atoms with Crippen LogP contribution in [-0.2, 0) is 4.79 Å². The number of amides is 1. The number of nitro groups is 1. The number of anilines is 1. The van der Waals surface area contributed by atoms with Crippen LogP contribution >= 0.6 is 11.6 Å². The molecule has 1 amide bonds. The number of aromatic hydroxyl groups is 1. The summed E-state index contributed by atoms with van der Waals surface area (Å²) >= 11 is 5.98. The van der Waals surface area contributed by atoms with Gasteiger partial charge in [0.15, 0.2) is 5.75 Å². The van der Waals surface area contributed by atoms with Crippen LogP contribution in [0.5, 0.6) is 5.75 Å². The van der Waals surface area contributed by atoms with Gasteiger partial charge in [-0.3, -0.25) is 14.9 Å². The molecule has 8 heteroatoms. The third kappa shape index (κ3) is 4.13. The highest BCUT2D eigenvalue weighted by Crippen LogP contribution is 2.27. The van der Waals surface area contributed by atoms with Crippen molar-refractivity contribution in [1.82, 2.24) is 0 Å². The number of nitrogens with one attached hydrogen (secondary N) is 1. The number of nitro benzene ring substituents is 1. The molecule has 2 aromatic carbocycles. The average Bonchev–Trinajstić information content (AvgIpc) is 2.57. The van der Waals surface area contributed by atoms with Gasteiger partial charge in [0.1, 0.15) is 11.6 Å². The number of phenols is 1. The predicted octanol–water partition coefficient (Wildman–Crippen LogP) is 3.81. The molecule has 2 rings (SSSR count). The van der Waals surface area contributed by atoms with E-state index in [-0.39, 0.29) is 11.1 Å². The maximum atomic E-state index is 12.3. The van der Waals surface area contributed by atoms with Crippen molar-refractivity contribution in [3.63, 3.8) is 0 Å². The van der Waals surface area contributed by atoms with Crippen molar-refractivity contribution in [2.45, 2.75) is 6.92 Å². The zero-order valence-electron chi connectivity index (χ0n) is 13.0. The summed E-state index contributed by atoms with van der Waals surface area (Å²) in [5, 5.41) is 32.5. The Bertz CT molecular complexity index is 932. The molecule has 0 atom stereocenters. The van der Waals surface area contributed by atoms with Crippen molar-refractivity contribution >= 4 is 35.0 Å². The number of hydrogen-bond acceptors (Lipinski definition) is 5. The lowest BCUT2D eigenvalue weighted by atomic mass is 10.1. The van der Waals surface area contributed by atoms with Gasteiger partial charge in [0, 0.05) is 16.8 Å². The molecule has 0 aromatic heterocycles. The molecule has 25 heavy (non-hydrogen) atoms. The molecule has 0 unspecified atom stereocenters. The predicted molar refractivity (Wildman–Crippen MR) is 93.2 cm³/mol. The van der Waals surface area contributed by atoms with E-state index in [1.807, 2.05) is 0 Å². The Labute approximate surface area is 147 Å². The van der Waals surface area contributed by atoms with Gasteiger partial charge < -0.3 is 10.4 Å². The van der Waals surface area contributed by atoms with Gasteiger partial charge in [0.2, 0.25) is 0 Å².